The molecule has 0 aromatic heterocycles. The fraction of sp³-hybridized carbons (Fsp3) is 0.800. The molecule has 6 heteroatoms. The molecule has 1 aromatic rings. The van der Waals surface area contributed by atoms with Gasteiger partial charge in [-0.2, -0.15) is 5.06 Å². The zero-order chi connectivity index (χ0) is 26.6. The first-order valence-electron chi connectivity index (χ1n) is 14.0. The van der Waals surface area contributed by atoms with Crippen LogP contribution in [0.25, 0.3) is 0 Å². The minimum Gasteiger partial charge on any atom is -0.491 e. The third-order valence-electron chi connectivity index (χ3n) is 7.41. The lowest BCUT2D eigenvalue weighted by molar-refractivity contribution is -0.377. The minimum absolute atomic E-state index is 0.0942. The van der Waals surface area contributed by atoms with Crippen LogP contribution >= 0.6 is 0 Å². The number of hydrogen-bond donors (Lipinski definition) is 0. The molecule has 2 aliphatic heterocycles. The lowest BCUT2D eigenvalue weighted by Gasteiger charge is -2.60. The highest BCUT2D eigenvalue weighted by atomic mass is 16.7. The monoisotopic (exact) mass is 505 g/mol. The molecule has 2 aliphatic rings. The smallest absolute Gasteiger partial charge is 0.171 e. The van der Waals surface area contributed by atoms with Crippen molar-refractivity contribution in [1.29, 1.82) is 0 Å². The van der Waals surface area contributed by atoms with E-state index in [-0.39, 0.29) is 23.3 Å². The van der Waals surface area contributed by atoms with Crippen LogP contribution in [0.3, 0.4) is 0 Å². The molecule has 206 valence electrons. The van der Waals surface area contributed by atoms with Crippen LogP contribution in [0, 0.1) is 11.8 Å². The number of piperidine rings is 1. The summed E-state index contributed by atoms with van der Waals surface area (Å²) >= 11 is 0. The van der Waals surface area contributed by atoms with Gasteiger partial charge in [-0.15, -0.1) is 0 Å². The number of nitrogens with zero attached hydrogens (tertiary/aromatic N) is 1. The van der Waals surface area contributed by atoms with E-state index in [4.69, 9.17) is 23.8 Å². The van der Waals surface area contributed by atoms with Gasteiger partial charge in [0.25, 0.3) is 0 Å². The normalized spacial score (nSPS) is 23.7. The molecule has 2 atom stereocenters. The molecule has 2 unspecified atom stereocenters. The Labute approximate surface area is 219 Å². The van der Waals surface area contributed by atoms with Gasteiger partial charge in [0.1, 0.15) is 24.6 Å². The van der Waals surface area contributed by atoms with Gasteiger partial charge in [-0.25, -0.2) is 0 Å². The fourth-order valence-electron chi connectivity index (χ4n) is 5.34. The topological polar surface area (TPSA) is 52.7 Å². The van der Waals surface area contributed by atoms with E-state index in [1.54, 1.807) is 0 Å². The lowest BCUT2D eigenvalue weighted by atomic mass is 9.73. The van der Waals surface area contributed by atoms with Crippen molar-refractivity contribution >= 4 is 0 Å². The zero-order valence-electron chi connectivity index (χ0n) is 24.3. The zero-order valence-corrected chi connectivity index (χ0v) is 24.3. The fourth-order valence-corrected chi connectivity index (χ4v) is 5.34. The van der Waals surface area contributed by atoms with Crippen molar-refractivity contribution < 1.29 is 23.8 Å². The number of ether oxygens (including phenoxy) is 4. The van der Waals surface area contributed by atoms with Crippen LogP contribution in [-0.2, 0) is 19.0 Å². The Bertz CT molecular complexity index is 786. The SMILES string of the molecule is CCC1(CC)CC(OCC(C)C)(OCC(C)C)CC(C)(C)N1OC(C)c1ccc(OCC2CO2)cc1. The molecule has 0 aliphatic carbocycles. The summed E-state index contributed by atoms with van der Waals surface area (Å²) in [6.07, 6.45) is 3.61. The molecule has 1 aromatic carbocycles. The maximum Gasteiger partial charge on any atom is 0.171 e. The molecule has 0 bridgehead atoms. The van der Waals surface area contributed by atoms with Crippen molar-refractivity contribution in [3.05, 3.63) is 29.8 Å². The quantitative estimate of drug-likeness (QED) is 0.202. The van der Waals surface area contributed by atoms with E-state index in [1.807, 2.05) is 12.1 Å². The average Bonchev–Trinajstić information content (AvgIpc) is 3.66. The van der Waals surface area contributed by atoms with Gasteiger partial charge in [0.15, 0.2) is 5.79 Å². The van der Waals surface area contributed by atoms with Crippen molar-refractivity contribution in [3.8, 4) is 5.75 Å². The largest absolute Gasteiger partial charge is 0.491 e. The summed E-state index contributed by atoms with van der Waals surface area (Å²) in [5, 5.41) is 2.29. The second-order valence-corrected chi connectivity index (χ2v) is 12.3. The van der Waals surface area contributed by atoms with Gasteiger partial charge in [0.05, 0.1) is 25.4 Å². The third-order valence-corrected chi connectivity index (χ3v) is 7.41. The van der Waals surface area contributed by atoms with Gasteiger partial charge in [-0.05, 0) is 63.1 Å². The Hall–Kier alpha value is -1.18. The van der Waals surface area contributed by atoms with Gasteiger partial charge in [-0.1, -0.05) is 53.7 Å². The van der Waals surface area contributed by atoms with E-state index in [2.05, 4.69) is 79.5 Å². The highest BCUT2D eigenvalue weighted by molar-refractivity contribution is 5.28. The number of hydrogen-bond acceptors (Lipinski definition) is 6. The van der Waals surface area contributed by atoms with Crippen LogP contribution in [0.15, 0.2) is 24.3 Å². The Morgan fingerprint density at radius 2 is 1.47 bits per heavy atom. The van der Waals surface area contributed by atoms with E-state index in [0.29, 0.717) is 31.7 Å². The van der Waals surface area contributed by atoms with Crippen LogP contribution in [0.4, 0.5) is 0 Å². The van der Waals surface area contributed by atoms with Crippen molar-refractivity contribution in [2.75, 3.05) is 26.4 Å². The second-order valence-electron chi connectivity index (χ2n) is 12.3. The van der Waals surface area contributed by atoms with Gasteiger partial charge < -0.3 is 18.9 Å². The molecule has 36 heavy (non-hydrogen) atoms. The summed E-state index contributed by atoms with van der Waals surface area (Å²) < 4.78 is 24.3. The molecule has 0 saturated carbocycles. The van der Waals surface area contributed by atoms with Crippen LogP contribution in [0.1, 0.15) is 99.7 Å². The molecule has 0 radical (unpaired) electrons. The van der Waals surface area contributed by atoms with Gasteiger partial charge in [0, 0.05) is 18.4 Å². The minimum atomic E-state index is -0.614. The number of benzene rings is 1. The molecule has 0 N–H and O–H groups in total. The van der Waals surface area contributed by atoms with E-state index in [1.165, 1.54) is 0 Å². The Morgan fingerprint density at radius 3 is 1.94 bits per heavy atom. The highest BCUT2D eigenvalue weighted by Crippen LogP contribution is 2.50. The molecule has 3 rings (SSSR count). The summed E-state index contributed by atoms with van der Waals surface area (Å²) in [4.78, 5) is 6.84. The van der Waals surface area contributed by atoms with E-state index in [9.17, 15) is 0 Å². The van der Waals surface area contributed by atoms with E-state index in [0.717, 1.165) is 43.6 Å². The maximum atomic E-state index is 6.84. The molecule has 2 heterocycles. The van der Waals surface area contributed by atoms with Gasteiger partial charge in [0.2, 0.25) is 0 Å². The molecular weight excluding hydrogens is 454 g/mol. The highest BCUT2D eigenvalue weighted by Gasteiger charge is 2.57. The van der Waals surface area contributed by atoms with Crippen molar-refractivity contribution in [3.63, 3.8) is 0 Å². The summed E-state index contributed by atoms with van der Waals surface area (Å²) in [5.74, 6) is 1.15. The predicted molar refractivity (Wildman–Crippen MR) is 144 cm³/mol. The molecular formula is C30H51NO5. The van der Waals surface area contributed by atoms with Crippen molar-refractivity contribution in [2.24, 2.45) is 11.8 Å². The van der Waals surface area contributed by atoms with Crippen LogP contribution < -0.4 is 4.74 Å². The molecule has 2 saturated heterocycles. The Morgan fingerprint density at radius 1 is 0.917 bits per heavy atom. The standard InChI is InChI=1S/C30H51NO5/c1-10-29(11-2)21-30(34-16-22(3)4,35-17-23(5)6)20-28(8,9)31(29)36-24(7)25-12-14-26(15-13-25)32-18-27-19-33-27/h12-15,22-24,27H,10-11,16-21H2,1-9H3. The molecule has 0 amide bonds. The first kappa shape index (κ1) is 29.4. The number of rotatable bonds is 14. The van der Waals surface area contributed by atoms with E-state index < -0.39 is 5.79 Å². The van der Waals surface area contributed by atoms with Gasteiger partial charge >= 0.3 is 0 Å². The lowest BCUT2D eigenvalue weighted by Crippen LogP contribution is -2.68. The summed E-state index contributed by atoms with van der Waals surface area (Å²) in [6, 6.07) is 8.25. The van der Waals surface area contributed by atoms with Crippen LogP contribution in [0.2, 0.25) is 0 Å². The first-order valence-corrected chi connectivity index (χ1v) is 14.0. The predicted octanol–water partition coefficient (Wildman–Crippen LogP) is 6.93. The maximum absolute atomic E-state index is 6.84. The van der Waals surface area contributed by atoms with Crippen molar-refractivity contribution in [2.45, 2.75) is 117 Å². The summed E-state index contributed by atoms with van der Waals surface area (Å²) in [5.41, 5.74) is 0.655. The third kappa shape index (κ3) is 7.44. The summed E-state index contributed by atoms with van der Waals surface area (Å²) in [7, 11) is 0. The number of hydroxylamine groups is 2. The number of epoxide rings is 1. The average molecular weight is 506 g/mol. The van der Waals surface area contributed by atoms with Gasteiger partial charge in [-0.3, -0.25) is 4.84 Å². The van der Waals surface area contributed by atoms with E-state index >= 15 is 0 Å². The molecule has 2 fully saturated rings. The first-order chi connectivity index (χ1) is 16.9. The molecule has 6 nitrogen and oxygen atoms in total. The Kier molecular flexibility index (Phi) is 9.89. The van der Waals surface area contributed by atoms with Crippen molar-refractivity contribution in [1.82, 2.24) is 5.06 Å². The van der Waals surface area contributed by atoms with Crippen LogP contribution in [0.5, 0.6) is 5.75 Å². The Balaban J connectivity index is 1.80. The summed E-state index contributed by atoms with van der Waals surface area (Å²) in [6.45, 7) is 22.8. The second kappa shape index (κ2) is 12.1. The molecule has 0 spiro atoms. The van der Waals surface area contributed by atoms with Crippen LogP contribution in [-0.4, -0.2) is 54.5 Å².